The molecule has 5 heteroatoms. The van der Waals surface area contributed by atoms with Gasteiger partial charge in [-0.1, -0.05) is 24.3 Å². The van der Waals surface area contributed by atoms with Crippen LogP contribution in [0, 0.1) is 6.92 Å². The molecule has 0 N–H and O–H groups in total. The first kappa shape index (κ1) is 11.1. The number of ether oxygens (including phenoxy) is 1. The molecule has 1 aromatic carbocycles. The number of aryl methyl sites for hydroxylation is 1. The Morgan fingerprint density at radius 1 is 1.28 bits per heavy atom. The van der Waals surface area contributed by atoms with Gasteiger partial charge >= 0.3 is 11.9 Å². The molecule has 4 nitrogen and oxygen atoms in total. The van der Waals surface area contributed by atoms with E-state index in [4.69, 9.17) is 0 Å². The van der Waals surface area contributed by atoms with Crippen molar-refractivity contribution in [2.24, 2.45) is 0 Å². The molecular formula is C13H9NO3S. The Labute approximate surface area is 107 Å². The zero-order valence-corrected chi connectivity index (χ0v) is 10.4. The molecule has 1 aromatic heterocycles. The maximum Gasteiger partial charge on any atom is 0.365 e. The van der Waals surface area contributed by atoms with Gasteiger partial charge in [-0.15, -0.1) is 11.3 Å². The van der Waals surface area contributed by atoms with Gasteiger partial charge in [-0.25, -0.2) is 9.78 Å². The normalized spacial score (nSPS) is 14.3. The van der Waals surface area contributed by atoms with Crippen molar-refractivity contribution in [1.82, 2.24) is 4.98 Å². The molecule has 18 heavy (non-hydrogen) atoms. The first-order valence-electron chi connectivity index (χ1n) is 5.46. The predicted octanol–water partition coefficient (Wildman–Crippen LogP) is 2.36. The van der Waals surface area contributed by atoms with Crippen molar-refractivity contribution >= 4 is 23.3 Å². The summed E-state index contributed by atoms with van der Waals surface area (Å²) in [5, 5.41) is 0.754. The number of fused-ring (bicyclic) bond motifs is 1. The molecule has 0 spiro atoms. The van der Waals surface area contributed by atoms with E-state index in [2.05, 4.69) is 9.72 Å². The molecule has 0 atom stereocenters. The lowest BCUT2D eigenvalue weighted by Gasteiger charge is -2.06. The van der Waals surface area contributed by atoms with Gasteiger partial charge in [0.25, 0.3) is 0 Å². The van der Waals surface area contributed by atoms with Gasteiger partial charge in [-0.05, 0) is 12.5 Å². The minimum atomic E-state index is -0.641. The number of esters is 2. The fourth-order valence-corrected chi connectivity index (χ4v) is 3.00. The number of carbonyl (C=O) groups is 2. The molecule has 1 aliphatic rings. The van der Waals surface area contributed by atoms with Gasteiger partial charge in [0, 0.05) is 5.56 Å². The van der Waals surface area contributed by atoms with E-state index in [0.717, 1.165) is 16.1 Å². The van der Waals surface area contributed by atoms with Crippen LogP contribution in [-0.4, -0.2) is 16.9 Å². The van der Waals surface area contributed by atoms with Gasteiger partial charge in [0.1, 0.15) is 5.01 Å². The SMILES string of the molecule is Cc1ccccc1-c1nc2c(s1)CC(=O)OC2=O. The number of benzene rings is 1. The number of thiazole rings is 1. The van der Waals surface area contributed by atoms with Crippen LogP contribution in [0.4, 0.5) is 0 Å². The summed E-state index contributed by atoms with van der Waals surface area (Å²) in [6, 6.07) is 7.81. The molecule has 0 radical (unpaired) electrons. The van der Waals surface area contributed by atoms with Crippen LogP contribution in [-0.2, 0) is 16.0 Å². The summed E-state index contributed by atoms with van der Waals surface area (Å²) in [5.74, 6) is -1.15. The Kier molecular flexibility index (Phi) is 2.48. The van der Waals surface area contributed by atoms with Crippen LogP contribution in [0.5, 0.6) is 0 Å². The van der Waals surface area contributed by atoms with Crippen molar-refractivity contribution in [2.75, 3.05) is 0 Å². The second kappa shape index (κ2) is 4.03. The number of rotatable bonds is 1. The molecule has 90 valence electrons. The molecule has 0 bridgehead atoms. The van der Waals surface area contributed by atoms with Gasteiger partial charge in [-0.2, -0.15) is 0 Å². The molecule has 0 saturated carbocycles. The lowest BCUT2D eigenvalue weighted by Crippen LogP contribution is -2.21. The molecule has 0 aliphatic carbocycles. The van der Waals surface area contributed by atoms with Crippen LogP contribution in [0.3, 0.4) is 0 Å². The Morgan fingerprint density at radius 2 is 2.06 bits per heavy atom. The number of hydrogen-bond donors (Lipinski definition) is 0. The molecule has 2 heterocycles. The average molecular weight is 259 g/mol. The van der Waals surface area contributed by atoms with E-state index in [1.165, 1.54) is 11.3 Å². The topological polar surface area (TPSA) is 56.3 Å². The smallest absolute Gasteiger partial charge is 0.365 e. The summed E-state index contributed by atoms with van der Waals surface area (Å²) in [5.41, 5.74) is 2.35. The Morgan fingerprint density at radius 3 is 2.83 bits per heavy atom. The van der Waals surface area contributed by atoms with Crippen molar-refractivity contribution in [3.63, 3.8) is 0 Å². The van der Waals surface area contributed by atoms with E-state index in [-0.39, 0.29) is 12.1 Å². The quantitative estimate of drug-likeness (QED) is 0.582. The van der Waals surface area contributed by atoms with Gasteiger partial charge in [0.05, 0.1) is 11.3 Å². The fraction of sp³-hybridized carbons (Fsp3) is 0.154. The van der Waals surface area contributed by atoms with Crippen LogP contribution in [0.25, 0.3) is 10.6 Å². The van der Waals surface area contributed by atoms with E-state index < -0.39 is 11.9 Å². The van der Waals surface area contributed by atoms with Crippen LogP contribution in [0.1, 0.15) is 20.9 Å². The molecule has 0 unspecified atom stereocenters. The Bertz CT molecular complexity index is 660. The van der Waals surface area contributed by atoms with E-state index in [1.807, 2.05) is 31.2 Å². The Hall–Kier alpha value is -2.01. The summed E-state index contributed by atoms with van der Waals surface area (Å²) >= 11 is 1.38. The van der Waals surface area contributed by atoms with Crippen LogP contribution in [0.15, 0.2) is 24.3 Å². The largest absolute Gasteiger partial charge is 0.388 e. The summed E-state index contributed by atoms with van der Waals surface area (Å²) in [6.07, 6.45) is 0.130. The highest BCUT2D eigenvalue weighted by atomic mass is 32.1. The van der Waals surface area contributed by atoms with Gasteiger partial charge in [-0.3, -0.25) is 4.79 Å². The molecule has 0 fully saturated rings. The number of carbonyl (C=O) groups excluding carboxylic acids is 2. The highest BCUT2D eigenvalue weighted by Crippen LogP contribution is 2.32. The lowest BCUT2D eigenvalue weighted by atomic mass is 10.1. The van der Waals surface area contributed by atoms with Crippen LogP contribution >= 0.6 is 11.3 Å². The number of nitrogens with zero attached hydrogens (tertiary/aromatic N) is 1. The summed E-state index contributed by atoms with van der Waals surface area (Å²) in [4.78, 5) is 27.7. The van der Waals surface area contributed by atoms with Crippen LogP contribution < -0.4 is 0 Å². The second-order valence-electron chi connectivity index (χ2n) is 4.04. The van der Waals surface area contributed by atoms with Crippen molar-refractivity contribution in [2.45, 2.75) is 13.3 Å². The average Bonchev–Trinajstić information content (AvgIpc) is 2.73. The molecular weight excluding hydrogens is 250 g/mol. The Balaban J connectivity index is 2.12. The minimum Gasteiger partial charge on any atom is -0.388 e. The molecule has 0 saturated heterocycles. The first-order valence-corrected chi connectivity index (χ1v) is 6.27. The van der Waals surface area contributed by atoms with Crippen LogP contribution in [0.2, 0.25) is 0 Å². The maximum atomic E-state index is 11.5. The molecule has 2 aromatic rings. The van der Waals surface area contributed by atoms with Crippen molar-refractivity contribution in [3.05, 3.63) is 40.4 Å². The zero-order valence-electron chi connectivity index (χ0n) is 9.60. The van der Waals surface area contributed by atoms with Crippen molar-refractivity contribution in [3.8, 4) is 10.6 Å². The van der Waals surface area contributed by atoms with Gasteiger partial charge in [0.15, 0.2) is 5.69 Å². The van der Waals surface area contributed by atoms with E-state index in [0.29, 0.717) is 4.88 Å². The first-order chi connectivity index (χ1) is 8.65. The highest BCUT2D eigenvalue weighted by Gasteiger charge is 2.29. The standard InChI is InChI=1S/C13H9NO3S/c1-7-4-2-3-5-8(7)12-14-11-9(18-12)6-10(15)17-13(11)16/h2-5H,6H2,1H3. The van der Waals surface area contributed by atoms with Crippen molar-refractivity contribution in [1.29, 1.82) is 0 Å². The zero-order chi connectivity index (χ0) is 12.7. The molecule has 3 rings (SSSR count). The highest BCUT2D eigenvalue weighted by molar-refractivity contribution is 7.15. The van der Waals surface area contributed by atoms with E-state index in [1.54, 1.807) is 0 Å². The minimum absolute atomic E-state index is 0.130. The maximum absolute atomic E-state index is 11.5. The van der Waals surface area contributed by atoms with Gasteiger partial charge < -0.3 is 4.74 Å². The third-order valence-corrected chi connectivity index (χ3v) is 3.87. The summed E-state index contributed by atoms with van der Waals surface area (Å²) in [7, 11) is 0. The number of aromatic nitrogens is 1. The number of cyclic esters (lactones) is 2. The van der Waals surface area contributed by atoms with Crippen molar-refractivity contribution < 1.29 is 14.3 Å². The molecule has 1 aliphatic heterocycles. The lowest BCUT2D eigenvalue weighted by molar-refractivity contribution is -0.137. The second-order valence-corrected chi connectivity index (χ2v) is 5.13. The summed E-state index contributed by atoms with van der Waals surface area (Å²) in [6.45, 7) is 1.99. The third kappa shape index (κ3) is 1.73. The number of hydrogen-bond acceptors (Lipinski definition) is 5. The van der Waals surface area contributed by atoms with E-state index in [9.17, 15) is 9.59 Å². The monoisotopic (exact) mass is 259 g/mol. The third-order valence-electron chi connectivity index (χ3n) is 2.78. The fourth-order valence-electron chi connectivity index (χ4n) is 1.88. The van der Waals surface area contributed by atoms with Gasteiger partial charge in [0.2, 0.25) is 0 Å². The summed E-state index contributed by atoms with van der Waals surface area (Å²) < 4.78 is 4.56. The molecule has 0 amide bonds. The van der Waals surface area contributed by atoms with E-state index >= 15 is 0 Å². The predicted molar refractivity (Wildman–Crippen MR) is 66.4 cm³/mol.